The van der Waals surface area contributed by atoms with Crippen molar-refractivity contribution in [2.75, 3.05) is 26.7 Å². The van der Waals surface area contributed by atoms with Gasteiger partial charge in [0.15, 0.2) is 11.5 Å². The Labute approximate surface area is 201 Å². The van der Waals surface area contributed by atoms with Gasteiger partial charge < -0.3 is 14.4 Å². The monoisotopic (exact) mass is 480 g/mol. The van der Waals surface area contributed by atoms with Crippen molar-refractivity contribution in [2.45, 2.75) is 19.3 Å². The second-order valence-electron chi connectivity index (χ2n) is 7.88. The van der Waals surface area contributed by atoms with Crippen LogP contribution in [0.3, 0.4) is 0 Å². The number of thioether (sulfide) groups is 1. The third kappa shape index (κ3) is 5.31. The van der Waals surface area contributed by atoms with Crippen molar-refractivity contribution >= 4 is 40.9 Å². The number of methoxy groups -OCH3 is 1. The highest BCUT2D eigenvalue weighted by Gasteiger charge is 2.37. The Balaban J connectivity index is 1.50. The summed E-state index contributed by atoms with van der Waals surface area (Å²) in [6.07, 6.45) is 4.48. The molecule has 0 radical (unpaired) electrons. The first kappa shape index (κ1) is 23.6. The Bertz CT molecular complexity index is 1140. The van der Waals surface area contributed by atoms with Crippen LogP contribution >= 0.6 is 11.8 Å². The topological polar surface area (TPSA) is 93.2 Å². The number of piperidine rings is 1. The second-order valence-corrected chi connectivity index (χ2v) is 8.87. The fraction of sp³-hybridized carbons (Fsp3) is 0.280. The maximum atomic E-state index is 12.8. The summed E-state index contributed by atoms with van der Waals surface area (Å²) in [4.78, 5) is 53.2. The zero-order valence-electron chi connectivity index (χ0n) is 18.7. The van der Waals surface area contributed by atoms with Gasteiger partial charge in [0.2, 0.25) is 5.91 Å². The number of benzene rings is 2. The molecule has 0 N–H and O–H groups in total. The molecular formula is C25H24N2O6S. The van der Waals surface area contributed by atoms with E-state index < -0.39 is 17.1 Å². The van der Waals surface area contributed by atoms with E-state index in [0.717, 1.165) is 35.9 Å². The van der Waals surface area contributed by atoms with Crippen LogP contribution < -0.4 is 9.47 Å². The van der Waals surface area contributed by atoms with E-state index in [9.17, 15) is 19.2 Å². The summed E-state index contributed by atoms with van der Waals surface area (Å²) < 4.78 is 10.8. The zero-order chi connectivity index (χ0) is 24.1. The number of nitrogens with zero attached hydrogens (tertiary/aromatic N) is 2. The molecule has 176 valence electrons. The van der Waals surface area contributed by atoms with Crippen LogP contribution in [0, 0.1) is 0 Å². The molecule has 34 heavy (non-hydrogen) atoms. The highest BCUT2D eigenvalue weighted by atomic mass is 32.2. The minimum absolute atomic E-state index is 0.185. The number of carbonyl (C=O) groups is 4. The summed E-state index contributed by atoms with van der Waals surface area (Å²) in [5.74, 6) is -0.749. The third-order valence-electron chi connectivity index (χ3n) is 5.57. The number of likely N-dealkylation sites (tertiary alicyclic amines) is 1. The molecule has 3 amide bonds. The lowest BCUT2D eigenvalue weighted by molar-refractivity contribution is -0.136. The van der Waals surface area contributed by atoms with E-state index in [1.165, 1.54) is 13.2 Å². The molecule has 0 unspecified atom stereocenters. The van der Waals surface area contributed by atoms with Crippen molar-refractivity contribution in [1.82, 2.24) is 9.80 Å². The molecule has 4 rings (SSSR count). The highest BCUT2D eigenvalue weighted by molar-refractivity contribution is 8.18. The van der Waals surface area contributed by atoms with Gasteiger partial charge in [0.1, 0.15) is 6.54 Å². The fourth-order valence-electron chi connectivity index (χ4n) is 3.76. The smallest absolute Gasteiger partial charge is 0.343 e. The highest BCUT2D eigenvalue weighted by Crippen LogP contribution is 2.35. The molecule has 0 aromatic heterocycles. The number of amides is 3. The van der Waals surface area contributed by atoms with Gasteiger partial charge >= 0.3 is 5.97 Å². The number of esters is 1. The lowest BCUT2D eigenvalue weighted by atomic mass is 10.1. The summed E-state index contributed by atoms with van der Waals surface area (Å²) in [6.45, 7) is 1.05. The van der Waals surface area contributed by atoms with Gasteiger partial charge in [0.25, 0.3) is 11.1 Å². The quantitative estimate of drug-likeness (QED) is 0.351. The van der Waals surface area contributed by atoms with Gasteiger partial charge in [0.05, 0.1) is 17.6 Å². The molecule has 9 heteroatoms. The number of rotatable bonds is 6. The Morgan fingerprint density at radius 3 is 2.44 bits per heavy atom. The SMILES string of the molecule is COc1ccc(/C=C2\SC(=O)N(CC(=O)N3CCCCC3)C2=O)cc1OC(=O)c1ccccc1. The van der Waals surface area contributed by atoms with Gasteiger partial charge in [-0.05, 0) is 66.9 Å². The second kappa shape index (κ2) is 10.6. The van der Waals surface area contributed by atoms with E-state index in [0.29, 0.717) is 30.0 Å². The van der Waals surface area contributed by atoms with Gasteiger partial charge in [-0.3, -0.25) is 19.3 Å². The Morgan fingerprint density at radius 1 is 1.00 bits per heavy atom. The van der Waals surface area contributed by atoms with E-state index in [4.69, 9.17) is 9.47 Å². The van der Waals surface area contributed by atoms with Crippen LogP contribution in [0.2, 0.25) is 0 Å². The van der Waals surface area contributed by atoms with Crippen molar-refractivity contribution in [1.29, 1.82) is 0 Å². The van der Waals surface area contributed by atoms with Crippen LogP contribution in [0.15, 0.2) is 53.4 Å². The van der Waals surface area contributed by atoms with Crippen LogP contribution in [0.1, 0.15) is 35.2 Å². The lowest BCUT2D eigenvalue weighted by Crippen LogP contribution is -2.44. The first-order chi connectivity index (χ1) is 16.5. The van der Waals surface area contributed by atoms with Crippen molar-refractivity contribution in [2.24, 2.45) is 0 Å². The zero-order valence-corrected chi connectivity index (χ0v) is 19.5. The number of imide groups is 1. The molecule has 0 saturated carbocycles. The van der Waals surface area contributed by atoms with E-state index in [1.54, 1.807) is 53.4 Å². The molecule has 2 aliphatic rings. The van der Waals surface area contributed by atoms with Gasteiger partial charge in [-0.25, -0.2) is 4.79 Å². The lowest BCUT2D eigenvalue weighted by Gasteiger charge is -2.27. The molecule has 0 spiro atoms. The van der Waals surface area contributed by atoms with Gasteiger partial charge in [0, 0.05) is 13.1 Å². The first-order valence-electron chi connectivity index (χ1n) is 10.9. The number of carbonyl (C=O) groups excluding carboxylic acids is 4. The van der Waals surface area contributed by atoms with Crippen LogP contribution in [0.4, 0.5) is 4.79 Å². The Morgan fingerprint density at radius 2 is 1.74 bits per heavy atom. The minimum atomic E-state index is -0.549. The van der Waals surface area contributed by atoms with Crippen molar-refractivity contribution in [3.05, 3.63) is 64.6 Å². The van der Waals surface area contributed by atoms with E-state index in [2.05, 4.69) is 0 Å². The molecule has 0 bridgehead atoms. The van der Waals surface area contributed by atoms with Crippen LogP contribution in [-0.2, 0) is 9.59 Å². The van der Waals surface area contributed by atoms with Gasteiger partial charge in [-0.1, -0.05) is 24.3 Å². The van der Waals surface area contributed by atoms with E-state index >= 15 is 0 Å². The Hall–Kier alpha value is -3.59. The summed E-state index contributed by atoms with van der Waals surface area (Å²) in [5, 5.41) is -0.481. The van der Waals surface area contributed by atoms with E-state index in [-0.39, 0.29) is 23.1 Å². The summed E-state index contributed by atoms with van der Waals surface area (Å²) in [6, 6.07) is 13.4. The van der Waals surface area contributed by atoms with E-state index in [1.807, 2.05) is 0 Å². The fourth-order valence-corrected chi connectivity index (χ4v) is 4.60. The van der Waals surface area contributed by atoms with Crippen molar-refractivity contribution in [3.8, 4) is 11.5 Å². The Kier molecular flexibility index (Phi) is 7.32. The van der Waals surface area contributed by atoms with Crippen LogP contribution in [0.5, 0.6) is 11.5 Å². The third-order valence-corrected chi connectivity index (χ3v) is 6.48. The van der Waals surface area contributed by atoms with Crippen molar-refractivity contribution < 1.29 is 28.7 Å². The molecule has 2 saturated heterocycles. The van der Waals surface area contributed by atoms with Crippen LogP contribution in [-0.4, -0.2) is 59.6 Å². The molecule has 2 aliphatic heterocycles. The van der Waals surface area contributed by atoms with Gasteiger partial charge in [-0.15, -0.1) is 0 Å². The summed E-state index contributed by atoms with van der Waals surface area (Å²) in [5.41, 5.74) is 0.930. The number of ether oxygens (including phenoxy) is 2. The molecule has 2 aromatic rings. The normalized spacial score (nSPS) is 17.3. The average molecular weight is 481 g/mol. The minimum Gasteiger partial charge on any atom is -0.493 e. The van der Waals surface area contributed by atoms with Gasteiger partial charge in [-0.2, -0.15) is 0 Å². The van der Waals surface area contributed by atoms with Crippen molar-refractivity contribution in [3.63, 3.8) is 0 Å². The largest absolute Gasteiger partial charge is 0.493 e. The predicted octanol–water partition coefficient (Wildman–Crippen LogP) is 3.96. The number of hydrogen-bond donors (Lipinski definition) is 0. The molecule has 0 atom stereocenters. The molecule has 8 nitrogen and oxygen atoms in total. The maximum absolute atomic E-state index is 12.8. The first-order valence-corrected chi connectivity index (χ1v) is 11.8. The van der Waals surface area contributed by atoms with Crippen LogP contribution in [0.25, 0.3) is 6.08 Å². The predicted molar refractivity (Wildman–Crippen MR) is 128 cm³/mol. The number of hydrogen-bond acceptors (Lipinski definition) is 7. The molecular weight excluding hydrogens is 456 g/mol. The summed E-state index contributed by atoms with van der Waals surface area (Å²) >= 11 is 0.781. The molecule has 2 fully saturated rings. The molecule has 0 aliphatic carbocycles. The maximum Gasteiger partial charge on any atom is 0.343 e. The molecule has 2 heterocycles. The standard InChI is InChI=1S/C25H24N2O6S/c1-32-19-11-10-17(14-20(19)33-24(30)18-8-4-2-5-9-18)15-21-23(29)27(25(31)34-21)16-22(28)26-12-6-3-7-13-26/h2,4-5,8-11,14-15H,3,6-7,12-13,16H2,1H3/b21-15-. The summed E-state index contributed by atoms with van der Waals surface area (Å²) in [7, 11) is 1.46. The average Bonchev–Trinajstić information content (AvgIpc) is 3.12. The molecule has 2 aromatic carbocycles.